The first-order chi connectivity index (χ1) is 16.6. The van der Waals surface area contributed by atoms with Crippen molar-refractivity contribution in [2.24, 2.45) is 0 Å². The van der Waals surface area contributed by atoms with Gasteiger partial charge in [0.05, 0.1) is 27.9 Å². The molecule has 0 amide bonds. The summed E-state index contributed by atoms with van der Waals surface area (Å²) in [5.41, 5.74) is -1.53. The van der Waals surface area contributed by atoms with Gasteiger partial charge in [-0.3, -0.25) is 14.9 Å². The molecule has 2 N–H and O–H groups in total. The van der Waals surface area contributed by atoms with Gasteiger partial charge in [-0.2, -0.15) is 13.2 Å². The monoisotopic (exact) mass is 481 g/mol. The maximum atomic E-state index is 13.3. The van der Waals surface area contributed by atoms with Crippen LogP contribution < -0.4 is 10.9 Å². The number of H-pyrrole nitrogens is 1. The Bertz CT molecular complexity index is 1440. The molecule has 0 saturated carbocycles. The Hall–Kier alpha value is -4.54. The van der Waals surface area contributed by atoms with E-state index in [0.29, 0.717) is 0 Å². The molecular formula is C24H18F3N5O3. The Labute approximate surface area is 196 Å². The second-order valence-corrected chi connectivity index (χ2v) is 7.65. The van der Waals surface area contributed by atoms with Crippen molar-refractivity contribution >= 4 is 11.6 Å². The molecule has 2 aromatic carbocycles. The third kappa shape index (κ3) is 5.18. The molecule has 11 heteroatoms. The molecule has 2 heterocycles. The van der Waals surface area contributed by atoms with Gasteiger partial charge in [0.15, 0.2) is 0 Å². The first-order valence-corrected chi connectivity index (χ1v) is 10.4. The first kappa shape index (κ1) is 23.6. The number of rotatable bonds is 6. The second-order valence-electron chi connectivity index (χ2n) is 7.65. The topological polar surface area (TPSA) is 114 Å². The van der Waals surface area contributed by atoms with Gasteiger partial charge in [0.25, 0.3) is 0 Å². The Morgan fingerprint density at radius 2 is 1.80 bits per heavy atom. The van der Waals surface area contributed by atoms with Crippen LogP contribution >= 0.6 is 0 Å². The molecule has 0 bridgehead atoms. The third-order valence-electron chi connectivity index (χ3n) is 5.27. The molecule has 4 rings (SSSR count). The van der Waals surface area contributed by atoms with Crippen LogP contribution in [0.25, 0.3) is 22.5 Å². The molecule has 0 aliphatic heterocycles. The van der Waals surface area contributed by atoms with Crippen LogP contribution in [0.15, 0.2) is 77.7 Å². The smallest absolute Gasteiger partial charge is 0.348 e. The lowest BCUT2D eigenvalue weighted by Crippen LogP contribution is -2.14. The molecule has 178 valence electrons. The molecule has 1 atom stereocenters. The quantitative estimate of drug-likeness (QED) is 0.274. The molecule has 0 fully saturated rings. The minimum absolute atomic E-state index is 0.0209. The zero-order chi connectivity index (χ0) is 25.2. The number of aromatic nitrogens is 3. The van der Waals surface area contributed by atoms with E-state index in [9.17, 15) is 28.1 Å². The summed E-state index contributed by atoms with van der Waals surface area (Å²) in [7, 11) is 0. The van der Waals surface area contributed by atoms with E-state index in [1.165, 1.54) is 24.4 Å². The summed E-state index contributed by atoms with van der Waals surface area (Å²) in [5.74, 6) is 0.197. The predicted octanol–water partition coefficient (Wildman–Crippen LogP) is 5.60. The van der Waals surface area contributed by atoms with E-state index in [1.807, 2.05) is 37.3 Å². The van der Waals surface area contributed by atoms with Crippen LogP contribution in [0.5, 0.6) is 0 Å². The number of benzene rings is 2. The zero-order valence-corrected chi connectivity index (χ0v) is 18.2. The van der Waals surface area contributed by atoms with Crippen molar-refractivity contribution < 1.29 is 18.1 Å². The maximum Gasteiger partial charge on any atom is 0.416 e. The standard InChI is InChI=1S/C24H18F3N5O3/c1-14(15-6-3-2-4-7-15)29-23-28-11-10-19(30-23)18-13-20(32(34)35)22(33)31-21(18)16-8-5-9-17(12-16)24(25,26)27/h2-14H,1H3,(H,31,33)(H,28,29,30). The summed E-state index contributed by atoms with van der Waals surface area (Å²) in [6.07, 6.45) is -3.20. The van der Waals surface area contributed by atoms with Crippen molar-refractivity contribution in [1.29, 1.82) is 0 Å². The van der Waals surface area contributed by atoms with Gasteiger partial charge in [-0.1, -0.05) is 42.5 Å². The normalized spacial score (nSPS) is 12.2. The second kappa shape index (κ2) is 9.37. The number of anilines is 1. The molecule has 1 unspecified atom stereocenters. The Morgan fingerprint density at radius 1 is 1.06 bits per heavy atom. The lowest BCUT2D eigenvalue weighted by molar-refractivity contribution is -0.386. The number of aromatic amines is 1. The number of hydrogen-bond donors (Lipinski definition) is 2. The van der Waals surface area contributed by atoms with Gasteiger partial charge in [-0.15, -0.1) is 0 Å². The van der Waals surface area contributed by atoms with E-state index in [4.69, 9.17) is 0 Å². The molecular weight excluding hydrogens is 463 g/mol. The summed E-state index contributed by atoms with van der Waals surface area (Å²) >= 11 is 0. The minimum Gasteiger partial charge on any atom is -0.348 e. The fourth-order valence-electron chi connectivity index (χ4n) is 3.53. The van der Waals surface area contributed by atoms with Gasteiger partial charge in [0, 0.05) is 17.8 Å². The number of nitrogens with zero attached hydrogens (tertiary/aromatic N) is 3. The molecule has 8 nitrogen and oxygen atoms in total. The van der Waals surface area contributed by atoms with Gasteiger partial charge in [-0.25, -0.2) is 9.97 Å². The van der Waals surface area contributed by atoms with Crippen molar-refractivity contribution in [3.05, 3.63) is 105 Å². The SMILES string of the molecule is CC(Nc1nccc(-c2cc([N+](=O)[O-])c(=O)[nH]c2-c2cccc(C(F)(F)F)c2)n1)c1ccccc1. The average molecular weight is 481 g/mol. The van der Waals surface area contributed by atoms with Gasteiger partial charge in [-0.05, 0) is 36.2 Å². The number of nitro groups is 1. The number of pyridine rings is 1. The van der Waals surface area contributed by atoms with Crippen molar-refractivity contribution in [3.63, 3.8) is 0 Å². The summed E-state index contributed by atoms with van der Waals surface area (Å²) in [6.45, 7) is 1.89. The predicted molar refractivity (Wildman–Crippen MR) is 124 cm³/mol. The van der Waals surface area contributed by atoms with E-state index >= 15 is 0 Å². The van der Waals surface area contributed by atoms with Crippen molar-refractivity contribution in [2.75, 3.05) is 5.32 Å². The molecule has 2 aromatic heterocycles. The van der Waals surface area contributed by atoms with Crippen molar-refractivity contribution in [1.82, 2.24) is 15.0 Å². The van der Waals surface area contributed by atoms with E-state index in [0.717, 1.165) is 23.8 Å². The highest BCUT2D eigenvalue weighted by atomic mass is 19.4. The van der Waals surface area contributed by atoms with Crippen molar-refractivity contribution in [3.8, 4) is 22.5 Å². The third-order valence-corrected chi connectivity index (χ3v) is 5.27. The summed E-state index contributed by atoms with van der Waals surface area (Å²) in [5, 5.41) is 14.5. The summed E-state index contributed by atoms with van der Waals surface area (Å²) in [6, 6.07) is 16.1. The van der Waals surface area contributed by atoms with Crippen LogP contribution in [-0.2, 0) is 6.18 Å². The molecule has 0 spiro atoms. The first-order valence-electron chi connectivity index (χ1n) is 10.4. The molecule has 0 saturated heterocycles. The van der Waals surface area contributed by atoms with Crippen LogP contribution in [0.1, 0.15) is 24.1 Å². The van der Waals surface area contributed by atoms with Crippen LogP contribution in [0.3, 0.4) is 0 Å². The number of alkyl halides is 3. The molecule has 0 aliphatic carbocycles. The lowest BCUT2D eigenvalue weighted by Gasteiger charge is -2.15. The summed E-state index contributed by atoms with van der Waals surface area (Å²) < 4.78 is 39.8. The van der Waals surface area contributed by atoms with E-state index in [-0.39, 0.29) is 34.5 Å². The highest BCUT2D eigenvalue weighted by molar-refractivity contribution is 5.80. The fourth-order valence-corrected chi connectivity index (χ4v) is 3.53. The minimum atomic E-state index is -4.61. The van der Waals surface area contributed by atoms with E-state index in [2.05, 4.69) is 20.3 Å². The Kier molecular flexibility index (Phi) is 6.32. The van der Waals surface area contributed by atoms with E-state index < -0.39 is 27.9 Å². The zero-order valence-electron chi connectivity index (χ0n) is 18.2. The lowest BCUT2D eigenvalue weighted by atomic mass is 10.0. The Morgan fingerprint density at radius 3 is 2.49 bits per heavy atom. The average Bonchev–Trinajstić information content (AvgIpc) is 2.84. The van der Waals surface area contributed by atoms with Crippen LogP contribution in [0, 0.1) is 10.1 Å². The van der Waals surface area contributed by atoms with Crippen LogP contribution in [0.4, 0.5) is 24.8 Å². The van der Waals surface area contributed by atoms with E-state index in [1.54, 1.807) is 0 Å². The molecule has 4 aromatic rings. The molecule has 0 aliphatic rings. The number of hydrogen-bond acceptors (Lipinski definition) is 6. The van der Waals surface area contributed by atoms with Crippen molar-refractivity contribution in [2.45, 2.75) is 19.1 Å². The van der Waals surface area contributed by atoms with Gasteiger partial charge >= 0.3 is 17.4 Å². The maximum absolute atomic E-state index is 13.3. The highest BCUT2D eigenvalue weighted by Gasteiger charge is 2.31. The molecule has 35 heavy (non-hydrogen) atoms. The van der Waals surface area contributed by atoms with Gasteiger partial charge in [0.1, 0.15) is 0 Å². The summed E-state index contributed by atoms with van der Waals surface area (Å²) in [4.78, 5) is 33.8. The van der Waals surface area contributed by atoms with Gasteiger partial charge in [0.2, 0.25) is 5.95 Å². The number of halogens is 3. The Balaban J connectivity index is 1.82. The highest BCUT2D eigenvalue weighted by Crippen LogP contribution is 2.35. The fraction of sp³-hybridized carbons (Fsp3) is 0.125. The van der Waals surface area contributed by atoms with Gasteiger partial charge < -0.3 is 10.3 Å². The largest absolute Gasteiger partial charge is 0.416 e. The van der Waals surface area contributed by atoms with Crippen LogP contribution in [-0.4, -0.2) is 19.9 Å². The molecule has 0 radical (unpaired) electrons. The number of nitrogens with one attached hydrogen (secondary N) is 2. The van der Waals surface area contributed by atoms with Crippen LogP contribution in [0.2, 0.25) is 0 Å².